The minimum absolute atomic E-state index is 0. The van der Waals surface area contributed by atoms with Crippen LogP contribution in [0.25, 0.3) is 22.1 Å². The molecule has 0 aliphatic carbocycles. The molecule has 0 radical (unpaired) electrons. The Hall–Kier alpha value is -1.16. The van der Waals surface area contributed by atoms with Crippen LogP contribution in [0.2, 0.25) is 0 Å². The molecule has 2 aromatic carbocycles. The first-order chi connectivity index (χ1) is 12.7. The van der Waals surface area contributed by atoms with Crippen LogP contribution in [0.15, 0.2) is 61.2 Å². The molecule has 2 aromatic heterocycles. The Balaban J connectivity index is 0.000000261. The number of aromatic nitrogens is 4. The van der Waals surface area contributed by atoms with Crippen molar-refractivity contribution in [1.29, 1.82) is 0 Å². The lowest BCUT2D eigenvalue weighted by atomic mass is 10.3. The maximum Gasteiger partial charge on any atom is 0.244 e. The summed E-state index contributed by atoms with van der Waals surface area (Å²) in [6.45, 7) is 12.8. The van der Waals surface area contributed by atoms with Crippen LogP contribution in [0.5, 0.6) is 0 Å². The summed E-state index contributed by atoms with van der Waals surface area (Å²) < 4.78 is 9.11. The van der Waals surface area contributed by atoms with E-state index in [2.05, 4.69) is 107 Å². The van der Waals surface area contributed by atoms with Crippen LogP contribution in [0, 0.1) is 0 Å². The molecule has 4 nitrogen and oxygen atoms in total. The van der Waals surface area contributed by atoms with Gasteiger partial charge in [-0.3, -0.25) is 0 Å². The molecule has 0 fully saturated rings. The fraction of sp³-hybridized carbons (Fsp3) is 0.364. The molecule has 4 rings (SSSR count). The Morgan fingerprint density at radius 1 is 0.607 bits per heavy atom. The Bertz CT molecular complexity index is 846. The molecule has 6 heteroatoms. The summed E-state index contributed by atoms with van der Waals surface area (Å²) >= 11 is 0. The maximum atomic E-state index is 2.28. The Morgan fingerprint density at radius 3 is 1.29 bits per heavy atom. The van der Waals surface area contributed by atoms with Gasteiger partial charge in [-0.2, -0.15) is 0 Å². The molecule has 0 aliphatic rings. The normalized spacial score (nSPS) is 10.1. The maximum absolute atomic E-state index is 2.28. The molecule has 0 saturated carbocycles. The van der Waals surface area contributed by atoms with Gasteiger partial charge >= 0.3 is 0 Å². The largest absolute Gasteiger partial charge is 1.00 e. The summed E-state index contributed by atoms with van der Waals surface area (Å²) in [5.41, 5.74) is 5.30. The van der Waals surface area contributed by atoms with Gasteiger partial charge in [0.15, 0.2) is 22.1 Å². The number of halogens is 2. The first-order valence-electron chi connectivity index (χ1n) is 9.68. The molecule has 0 amide bonds. The number of nitrogens with zero attached hydrogens (tertiary/aromatic N) is 4. The second kappa shape index (κ2) is 11.7. The topological polar surface area (TPSA) is 17.6 Å². The monoisotopic (exact) mass is 604 g/mol. The van der Waals surface area contributed by atoms with Gasteiger partial charge in [0.1, 0.15) is 0 Å². The molecule has 0 aliphatic heterocycles. The average Bonchev–Trinajstić information content (AvgIpc) is 3.26. The van der Waals surface area contributed by atoms with Crippen LogP contribution in [0.4, 0.5) is 0 Å². The summed E-state index contributed by atoms with van der Waals surface area (Å²) in [6, 6.07) is 17.1. The van der Waals surface area contributed by atoms with Crippen molar-refractivity contribution in [2.75, 3.05) is 0 Å². The van der Waals surface area contributed by atoms with Crippen molar-refractivity contribution >= 4 is 22.1 Å². The number of imidazole rings is 2. The van der Waals surface area contributed by atoms with E-state index in [1.165, 1.54) is 22.1 Å². The molecule has 28 heavy (non-hydrogen) atoms. The summed E-state index contributed by atoms with van der Waals surface area (Å²) in [5, 5.41) is 0. The van der Waals surface area contributed by atoms with Gasteiger partial charge in [0.2, 0.25) is 12.7 Å². The Morgan fingerprint density at radius 2 is 0.964 bits per heavy atom. The first-order valence-corrected chi connectivity index (χ1v) is 9.68. The summed E-state index contributed by atoms with van der Waals surface area (Å²) in [7, 11) is 0. The molecule has 0 N–H and O–H groups in total. The van der Waals surface area contributed by atoms with Crippen molar-refractivity contribution in [1.82, 2.24) is 9.13 Å². The van der Waals surface area contributed by atoms with E-state index in [0.29, 0.717) is 0 Å². The highest BCUT2D eigenvalue weighted by Gasteiger charge is 2.12. The van der Waals surface area contributed by atoms with Crippen molar-refractivity contribution in [3.63, 3.8) is 0 Å². The Kier molecular flexibility index (Phi) is 10.4. The van der Waals surface area contributed by atoms with Crippen molar-refractivity contribution in [2.24, 2.45) is 0 Å². The predicted octanol–water partition coefficient (Wildman–Crippen LogP) is -2.05. The van der Waals surface area contributed by atoms with E-state index in [1.54, 1.807) is 0 Å². The quantitative estimate of drug-likeness (QED) is 0.189. The standard InChI is InChI=1S/2C11H15N2.2HI/c2*1-3-12-9-13(4-2)11-8-6-5-7-10(11)12;;/h2*5-9H,3-4H2,1-2H3;2*1H/q2*+1;;/p-2. The van der Waals surface area contributed by atoms with Crippen LogP contribution in [0.3, 0.4) is 0 Å². The van der Waals surface area contributed by atoms with Crippen molar-refractivity contribution in [3.05, 3.63) is 61.2 Å². The van der Waals surface area contributed by atoms with Crippen LogP contribution in [0.1, 0.15) is 27.7 Å². The van der Waals surface area contributed by atoms with Gasteiger partial charge in [-0.05, 0) is 52.0 Å². The molecule has 0 saturated heterocycles. The van der Waals surface area contributed by atoms with Crippen molar-refractivity contribution < 1.29 is 57.1 Å². The summed E-state index contributed by atoms with van der Waals surface area (Å²) in [6.07, 6.45) is 4.37. The molecule has 152 valence electrons. The number of para-hydroxylation sites is 4. The molecule has 0 atom stereocenters. The molecule has 0 spiro atoms. The van der Waals surface area contributed by atoms with Gasteiger partial charge in [0, 0.05) is 0 Å². The number of fused-ring (bicyclic) bond motifs is 2. The van der Waals surface area contributed by atoms with E-state index in [4.69, 9.17) is 0 Å². The lowest BCUT2D eigenvalue weighted by Crippen LogP contribution is -3.00. The molecular formula is C22H30I2N4. The van der Waals surface area contributed by atoms with Crippen LogP contribution >= 0.6 is 0 Å². The molecule has 2 heterocycles. The van der Waals surface area contributed by atoms with E-state index < -0.39 is 0 Å². The lowest BCUT2D eigenvalue weighted by Gasteiger charge is -1.88. The summed E-state index contributed by atoms with van der Waals surface area (Å²) in [5.74, 6) is 0. The number of hydrogen-bond acceptors (Lipinski definition) is 0. The number of rotatable bonds is 4. The minimum atomic E-state index is 0. The molecule has 0 bridgehead atoms. The van der Waals surface area contributed by atoms with Crippen molar-refractivity contribution in [2.45, 2.75) is 53.9 Å². The second-order valence-corrected chi connectivity index (χ2v) is 6.35. The molecule has 4 aromatic rings. The van der Waals surface area contributed by atoms with Gasteiger partial charge < -0.3 is 48.0 Å². The number of benzene rings is 2. The van der Waals surface area contributed by atoms with Gasteiger partial charge in [0.05, 0.1) is 26.2 Å². The highest BCUT2D eigenvalue weighted by molar-refractivity contribution is 5.72. The highest BCUT2D eigenvalue weighted by Crippen LogP contribution is 2.10. The molecule has 0 unspecified atom stereocenters. The van der Waals surface area contributed by atoms with E-state index >= 15 is 0 Å². The SMILES string of the molecule is CCn1c[n+](CC)c2ccccc21.CCn1c[n+](CC)c2ccccc21.[I-].[I-]. The van der Waals surface area contributed by atoms with Crippen molar-refractivity contribution in [3.8, 4) is 0 Å². The number of hydrogen-bond donors (Lipinski definition) is 0. The zero-order valence-electron chi connectivity index (χ0n) is 17.1. The minimum Gasteiger partial charge on any atom is -1.00 e. The third-order valence-corrected chi connectivity index (χ3v) is 4.92. The fourth-order valence-electron chi connectivity index (χ4n) is 3.49. The zero-order chi connectivity index (χ0) is 18.5. The van der Waals surface area contributed by atoms with E-state index in [-0.39, 0.29) is 48.0 Å². The van der Waals surface area contributed by atoms with E-state index in [0.717, 1.165) is 26.2 Å². The van der Waals surface area contributed by atoms with E-state index in [1.807, 2.05) is 0 Å². The number of aryl methyl sites for hydroxylation is 4. The van der Waals surface area contributed by atoms with Gasteiger partial charge in [-0.1, -0.05) is 24.3 Å². The van der Waals surface area contributed by atoms with E-state index in [9.17, 15) is 0 Å². The van der Waals surface area contributed by atoms with Crippen LogP contribution in [-0.2, 0) is 26.2 Å². The van der Waals surface area contributed by atoms with Gasteiger partial charge in [-0.25, -0.2) is 18.3 Å². The zero-order valence-corrected chi connectivity index (χ0v) is 21.5. The van der Waals surface area contributed by atoms with Gasteiger partial charge in [-0.15, -0.1) is 0 Å². The average molecular weight is 604 g/mol. The summed E-state index contributed by atoms with van der Waals surface area (Å²) in [4.78, 5) is 0. The lowest BCUT2D eigenvalue weighted by molar-refractivity contribution is -0.668. The van der Waals surface area contributed by atoms with Crippen LogP contribution in [-0.4, -0.2) is 9.13 Å². The highest BCUT2D eigenvalue weighted by atomic mass is 127. The predicted molar refractivity (Wildman–Crippen MR) is 107 cm³/mol. The third kappa shape index (κ3) is 5.06. The van der Waals surface area contributed by atoms with Gasteiger partial charge in [0.25, 0.3) is 0 Å². The smallest absolute Gasteiger partial charge is 0.244 e. The second-order valence-electron chi connectivity index (χ2n) is 6.35. The fourth-order valence-corrected chi connectivity index (χ4v) is 3.49. The first kappa shape index (κ1) is 24.9. The van der Waals surface area contributed by atoms with Crippen LogP contribution < -0.4 is 57.1 Å². The Labute approximate surface area is 202 Å². The molecular weight excluding hydrogens is 574 g/mol. The third-order valence-electron chi connectivity index (χ3n) is 4.92.